The zero-order chi connectivity index (χ0) is 12.0. The van der Waals surface area contributed by atoms with Gasteiger partial charge >= 0.3 is 0 Å². The summed E-state index contributed by atoms with van der Waals surface area (Å²) in [6.45, 7) is 4.89. The largest absolute Gasteiger partial charge is 0.355 e. The molecule has 0 radical (unpaired) electrons. The third kappa shape index (κ3) is 5.73. The Labute approximate surface area is 111 Å². The van der Waals surface area contributed by atoms with Crippen LogP contribution >= 0.6 is 12.4 Å². The SMILES string of the molecule is CCC(C)C(N)C(=O)NCCC1CCCC1.Cl. The van der Waals surface area contributed by atoms with Crippen LogP contribution in [0.3, 0.4) is 0 Å². The number of carbonyl (C=O) groups excluding carboxylic acids is 1. The first kappa shape index (κ1) is 16.7. The van der Waals surface area contributed by atoms with E-state index in [2.05, 4.69) is 12.2 Å². The van der Waals surface area contributed by atoms with Crippen molar-refractivity contribution in [1.82, 2.24) is 5.32 Å². The van der Waals surface area contributed by atoms with Gasteiger partial charge in [0.1, 0.15) is 0 Å². The Balaban J connectivity index is 0.00000256. The summed E-state index contributed by atoms with van der Waals surface area (Å²) in [6, 6.07) is -0.339. The lowest BCUT2D eigenvalue weighted by molar-refractivity contribution is -0.123. The van der Waals surface area contributed by atoms with Crippen molar-refractivity contribution in [3.63, 3.8) is 0 Å². The minimum Gasteiger partial charge on any atom is -0.355 e. The normalized spacial score (nSPS) is 19.5. The molecule has 1 aliphatic rings. The second-order valence-electron chi connectivity index (χ2n) is 5.14. The predicted molar refractivity (Wildman–Crippen MR) is 74.3 cm³/mol. The summed E-state index contributed by atoms with van der Waals surface area (Å²) in [5.41, 5.74) is 5.85. The van der Waals surface area contributed by atoms with Crippen LogP contribution in [0.5, 0.6) is 0 Å². The molecular formula is C13H27ClN2O. The summed E-state index contributed by atoms with van der Waals surface area (Å²) in [5.74, 6) is 1.12. The number of nitrogens with two attached hydrogens (primary N) is 1. The molecule has 1 amide bonds. The van der Waals surface area contributed by atoms with Gasteiger partial charge in [-0.05, 0) is 18.3 Å². The molecule has 0 aromatic heterocycles. The summed E-state index contributed by atoms with van der Waals surface area (Å²) in [6.07, 6.45) is 7.49. The topological polar surface area (TPSA) is 55.1 Å². The lowest BCUT2D eigenvalue weighted by Gasteiger charge is -2.18. The van der Waals surface area contributed by atoms with Crippen molar-refractivity contribution in [1.29, 1.82) is 0 Å². The van der Waals surface area contributed by atoms with E-state index in [9.17, 15) is 4.79 Å². The molecule has 0 aliphatic heterocycles. The predicted octanol–water partition coefficient (Wildman–Crippen LogP) is 2.48. The summed E-state index contributed by atoms with van der Waals surface area (Å²) in [4.78, 5) is 11.7. The minimum atomic E-state index is -0.339. The molecule has 4 heteroatoms. The highest BCUT2D eigenvalue weighted by molar-refractivity contribution is 5.85. The maximum absolute atomic E-state index is 11.7. The Morgan fingerprint density at radius 1 is 1.41 bits per heavy atom. The standard InChI is InChI=1S/C13H26N2O.ClH/c1-3-10(2)12(14)13(16)15-9-8-11-6-4-5-7-11;/h10-12H,3-9,14H2,1-2H3,(H,15,16);1H. The fourth-order valence-corrected chi connectivity index (χ4v) is 2.33. The van der Waals surface area contributed by atoms with Crippen LogP contribution in [0.15, 0.2) is 0 Å². The summed E-state index contributed by atoms with van der Waals surface area (Å²) >= 11 is 0. The molecule has 3 N–H and O–H groups in total. The first-order chi connectivity index (χ1) is 7.65. The second kappa shape index (κ2) is 8.76. The molecule has 2 unspecified atom stereocenters. The summed E-state index contributed by atoms with van der Waals surface area (Å²) in [5, 5.41) is 2.96. The first-order valence-electron chi connectivity index (χ1n) is 6.68. The maximum atomic E-state index is 11.7. The Kier molecular flexibility index (Phi) is 8.61. The number of halogens is 1. The van der Waals surface area contributed by atoms with Crippen molar-refractivity contribution < 1.29 is 4.79 Å². The van der Waals surface area contributed by atoms with Crippen LogP contribution in [0.1, 0.15) is 52.4 Å². The number of amides is 1. The van der Waals surface area contributed by atoms with Crippen molar-refractivity contribution in [2.75, 3.05) is 6.54 Å². The molecule has 0 aromatic carbocycles. The molecule has 0 spiro atoms. The molecular weight excluding hydrogens is 236 g/mol. The molecule has 1 rings (SSSR count). The van der Waals surface area contributed by atoms with Gasteiger partial charge in [0.05, 0.1) is 6.04 Å². The van der Waals surface area contributed by atoms with Crippen LogP contribution in [-0.4, -0.2) is 18.5 Å². The average Bonchev–Trinajstić information content (AvgIpc) is 2.79. The van der Waals surface area contributed by atoms with Gasteiger partial charge in [-0.15, -0.1) is 12.4 Å². The minimum absolute atomic E-state index is 0. The molecule has 102 valence electrons. The molecule has 3 nitrogen and oxygen atoms in total. The highest BCUT2D eigenvalue weighted by atomic mass is 35.5. The smallest absolute Gasteiger partial charge is 0.237 e. The van der Waals surface area contributed by atoms with E-state index in [-0.39, 0.29) is 30.3 Å². The highest BCUT2D eigenvalue weighted by Crippen LogP contribution is 2.26. The van der Waals surface area contributed by atoms with E-state index in [4.69, 9.17) is 5.73 Å². The third-order valence-electron chi connectivity index (χ3n) is 3.89. The van der Waals surface area contributed by atoms with E-state index in [0.29, 0.717) is 0 Å². The van der Waals surface area contributed by atoms with E-state index >= 15 is 0 Å². The van der Waals surface area contributed by atoms with Crippen LogP contribution < -0.4 is 11.1 Å². The van der Waals surface area contributed by atoms with Gasteiger partial charge in [-0.25, -0.2) is 0 Å². The fraction of sp³-hybridized carbons (Fsp3) is 0.923. The monoisotopic (exact) mass is 262 g/mol. The number of nitrogens with one attached hydrogen (secondary N) is 1. The lowest BCUT2D eigenvalue weighted by Crippen LogP contribution is -2.45. The van der Waals surface area contributed by atoms with Gasteiger partial charge in [-0.2, -0.15) is 0 Å². The van der Waals surface area contributed by atoms with Crippen LogP contribution in [0.4, 0.5) is 0 Å². The van der Waals surface area contributed by atoms with Crippen molar-refractivity contribution >= 4 is 18.3 Å². The Morgan fingerprint density at radius 3 is 2.53 bits per heavy atom. The van der Waals surface area contributed by atoms with Crippen molar-refractivity contribution in [2.45, 2.75) is 58.4 Å². The lowest BCUT2D eigenvalue weighted by atomic mass is 9.99. The van der Waals surface area contributed by atoms with Gasteiger partial charge in [0, 0.05) is 6.54 Å². The second-order valence-corrected chi connectivity index (χ2v) is 5.14. The molecule has 0 aromatic rings. The fourth-order valence-electron chi connectivity index (χ4n) is 2.33. The molecule has 1 fully saturated rings. The van der Waals surface area contributed by atoms with Gasteiger partial charge in [-0.3, -0.25) is 4.79 Å². The Bertz CT molecular complexity index is 217. The number of hydrogen-bond donors (Lipinski definition) is 2. The van der Waals surface area contributed by atoms with E-state index in [1.807, 2.05) is 6.92 Å². The molecule has 1 aliphatic carbocycles. The highest BCUT2D eigenvalue weighted by Gasteiger charge is 2.20. The number of carbonyl (C=O) groups is 1. The number of hydrogen-bond acceptors (Lipinski definition) is 2. The quantitative estimate of drug-likeness (QED) is 0.773. The molecule has 0 bridgehead atoms. The van der Waals surface area contributed by atoms with Gasteiger partial charge < -0.3 is 11.1 Å². The van der Waals surface area contributed by atoms with Gasteiger partial charge in [0.15, 0.2) is 0 Å². The summed E-state index contributed by atoms with van der Waals surface area (Å²) in [7, 11) is 0. The molecule has 0 saturated heterocycles. The van der Waals surface area contributed by atoms with Crippen molar-refractivity contribution in [3.05, 3.63) is 0 Å². The molecule has 2 atom stereocenters. The van der Waals surface area contributed by atoms with E-state index < -0.39 is 0 Å². The zero-order valence-corrected chi connectivity index (χ0v) is 11.9. The Morgan fingerprint density at radius 2 is 2.00 bits per heavy atom. The van der Waals surface area contributed by atoms with Crippen molar-refractivity contribution in [2.24, 2.45) is 17.6 Å². The molecule has 17 heavy (non-hydrogen) atoms. The van der Waals surface area contributed by atoms with Gasteiger partial charge in [0.25, 0.3) is 0 Å². The van der Waals surface area contributed by atoms with Crippen LogP contribution in [0, 0.1) is 11.8 Å². The van der Waals surface area contributed by atoms with E-state index in [0.717, 1.165) is 25.3 Å². The third-order valence-corrected chi connectivity index (χ3v) is 3.89. The molecule has 1 saturated carbocycles. The maximum Gasteiger partial charge on any atom is 0.237 e. The Hall–Kier alpha value is -0.280. The average molecular weight is 263 g/mol. The molecule has 0 heterocycles. The zero-order valence-electron chi connectivity index (χ0n) is 11.1. The van der Waals surface area contributed by atoms with Crippen molar-refractivity contribution in [3.8, 4) is 0 Å². The first-order valence-corrected chi connectivity index (χ1v) is 6.68. The van der Waals surface area contributed by atoms with Crippen LogP contribution in [-0.2, 0) is 4.79 Å². The summed E-state index contributed by atoms with van der Waals surface area (Å²) < 4.78 is 0. The van der Waals surface area contributed by atoms with Crippen LogP contribution in [0.25, 0.3) is 0 Å². The number of rotatable bonds is 6. The van der Waals surface area contributed by atoms with Gasteiger partial charge in [-0.1, -0.05) is 46.0 Å². The van der Waals surface area contributed by atoms with Gasteiger partial charge in [0.2, 0.25) is 5.91 Å². The van der Waals surface area contributed by atoms with E-state index in [1.54, 1.807) is 0 Å². The van der Waals surface area contributed by atoms with Crippen LogP contribution in [0.2, 0.25) is 0 Å². The van der Waals surface area contributed by atoms with E-state index in [1.165, 1.54) is 25.7 Å².